The molecule has 3 rings (SSSR count). The van der Waals surface area contributed by atoms with Crippen LogP contribution in [0, 0.1) is 18.3 Å². The third kappa shape index (κ3) is 2.91. The van der Waals surface area contributed by atoms with Crippen LogP contribution in [0.4, 0.5) is 0 Å². The Balaban J connectivity index is 1.99. The van der Waals surface area contributed by atoms with Crippen LogP contribution in [0.5, 0.6) is 11.5 Å². The van der Waals surface area contributed by atoms with E-state index in [4.69, 9.17) is 4.74 Å². The minimum Gasteiger partial charge on any atom is -0.456 e. The van der Waals surface area contributed by atoms with Crippen LogP contribution >= 0.6 is 15.9 Å². The van der Waals surface area contributed by atoms with Crippen molar-refractivity contribution < 1.29 is 4.74 Å². The average molecular weight is 338 g/mol. The first kappa shape index (κ1) is 13.7. The molecule has 0 aliphatic carbocycles. The second kappa shape index (κ2) is 5.59. The van der Waals surface area contributed by atoms with Crippen LogP contribution in [0.2, 0.25) is 0 Å². The lowest BCUT2D eigenvalue weighted by atomic mass is 10.1. The van der Waals surface area contributed by atoms with E-state index in [0.717, 1.165) is 26.6 Å². The topological polar surface area (TPSA) is 33.0 Å². The van der Waals surface area contributed by atoms with Gasteiger partial charge in [-0.3, -0.25) is 0 Å². The summed E-state index contributed by atoms with van der Waals surface area (Å²) in [7, 11) is 0. The van der Waals surface area contributed by atoms with Crippen LogP contribution in [-0.4, -0.2) is 0 Å². The summed E-state index contributed by atoms with van der Waals surface area (Å²) < 4.78 is 6.91. The van der Waals surface area contributed by atoms with Gasteiger partial charge in [0.25, 0.3) is 0 Å². The fraction of sp³-hybridized carbons (Fsp3) is 0.0556. The first-order chi connectivity index (χ1) is 10.2. The molecule has 0 fully saturated rings. The number of benzene rings is 3. The molecule has 0 aliphatic rings. The Morgan fingerprint density at radius 1 is 0.952 bits per heavy atom. The minimum absolute atomic E-state index is 0.547. The molecule has 102 valence electrons. The fourth-order valence-corrected chi connectivity index (χ4v) is 2.58. The van der Waals surface area contributed by atoms with E-state index in [1.807, 2.05) is 55.5 Å². The quantitative estimate of drug-likeness (QED) is 0.611. The molecule has 0 amide bonds. The molecule has 0 saturated carbocycles. The monoisotopic (exact) mass is 337 g/mol. The van der Waals surface area contributed by atoms with Gasteiger partial charge in [0, 0.05) is 4.47 Å². The van der Waals surface area contributed by atoms with Crippen LogP contribution in [0.15, 0.2) is 59.1 Å². The van der Waals surface area contributed by atoms with Crippen molar-refractivity contribution in [2.75, 3.05) is 0 Å². The Kier molecular flexibility index (Phi) is 3.64. The van der Waals surface area contributed by atoms with E-state index < -0.39 is 0 Å². The number of aryl methyl sites for hydroxylation is 1. The number of halogens is 1. The van der Waals surface area contributed by atoms with Crippen molar-refractivity contribution in [3.05, 3.63) is 70.2 Å². The van der Waals surface area contributed by atoms with Crippen molar-refractivity contribution in [1.29, 1.82) is 5.26 Å². The molecular formula is C18H12BrNO. The summed E-state index contributed by atoms with van der Waals surface area (Å²) in [6.45, 7) is 1.96. The van der Waals surface area contributed by atoms with Crippen LogP contribution in [0.3, 0.4) is 0 Å². The highest BCUT2D eigenvalue weighted by atomic mass is 79.9. The largest absolute Gasteiger partial charge is 0.456 e. The summed E-state index contributed by atoms with van der Waals surface area (Å²) in [4.78, 5) is 0. The highest BCUT2D eigenvalue weighted by Crippen LogP contribution is 2.29. The second-order valence-corrected chi connectivity index (χ2v) is 5.78. The van der Waals surface area contributed by atoms with Crippen LogP contribution < -0.4 is 4.74 Å². The molecule has 3 heteroatoms. The Labute approximate surface area is 131 Å². The number of nitriles is 1. The van der Waals surface area contributed by atoms with Gasteiger partial charge >= 0.3 is 0 Å². The van der Waals surface area contributed by atoms with Gasteiger partial charge in [-0.05, 0) is 59.7 Å². The van der Waals surface area contributed by atoms with E-state index in [0.29, 0.717) is 11.3 Å². The molecule has 0 heterocycles. The third-order valence-electron chi connectivity index (χ3n) is 3.26. The van der Waals surface area contributed by atoms with Gasteiger partial charge < -0.3 is 4.74 Å². The van der Waals surface area contributed by atoms with Gasteiger partial charge in [-0.25, -0.2) is 0 Å². The predicted octanol–water partition coefficient (Wildman–Crippen LogP) is 5.57. The zero-order chi connectivity index (χ0) is 14.8. The molecule has 0 spiro atoms. The number of ether oxygens (including phenoxy) is 1. The van der Waals surface area contributed by atoms with Gasteiger partial charge in [0.1, 0.15) is 17.6 Å². The van der Waals surface area contributed by atoms with Gasteiger partial charge in [-0.2, -0.15) is 5.26 Å². The molecule has 0 atom stereocenters. The Bertz CT molecular complexity index is 865. The lowest BCUT2D eigenvalue weighted by Gasteiger charge is -2.09. The minimum atomic E-state index is 0.547. The zero-order valence-electron chi connectivity index (χ0n) is 11.4. The molecule has 0 bridgehead atoms. The van der Waals surface area contributed by atoms with Crippen molar-refractivity contribution in [2.45, 2.75) is 6.92 Å². The first-order valence-electron chi connectivity index (χ1n) is 6.53. The molecular weight excluding hydrogens is 326 g/mol. The zero-order valence-corrected chi connectivity index (χ0v) is 13.0. The van der Waals surface area contributed by atoms with Crippen molar-refractivity contribution in [2.24, 2.45) is 0 Å². The van der Waals surface area contributed by atoms with Crippen LogP contribution in [0.1, 0.15) is 11.1 Å². The molecule has 21 heavy (non-hydrogen) atoms. The molecule has 0 unspecified atom stereocenters. The van der Waals surface area contributed by atoms with Crippen molar-refractivity contribution in [3.8, 4) is 17.6 Å². The molecule has 0 aliphatic heterocycles. The Morgan fingerprint density at radius 2 is 1.71 bits per heavy atom. The maximum atomic E-state index is 9.19. The van der Waals surface area contributed by atoms with E-state index >= 15 is 0 Å². The molecule has 0 N–H and O–H groups in total. The smallest absolute Gasteiger partial charge is 0.145 e. The SMILES string of the molecule is Cc1ccc(Oc2ccc3cc(Br)ccc3c2)c(C#N)c1. The second-order valence-electron chi connectivity index (χ2n) is 4.87. The molecule has 0 saturated heterocycles. The lowest BCUT2D eigenvalue weighted by Crippen LogP contribution is -1.89. The van der Waals surface area contributed by atoms with E-state index in [1.165, 1.54) is 0 Å². The molecule has 0 aromatic heterocycles. The van der Waals surface area contributed by atoms with Crippen molar-refractivity contribution in [1.82, 2.24) is 0 Å². The summed E-state index contributed by atoms with van der Waals surface area (Å²) in [5, 5.41) is 11.4. The molecule has 3 aromatic rings. The van der Waals surface area contributed by atoms with E-state index in [2.05, 4.69) is 28.1 Å². The van der Waals surface area contributed by atoms with Gasteiger partial charge in [-0.15, -0.1) is 0 Å². The number of hydrogen-bond acceptors (Lipinski definition) is 2. The highest BCUT2D eigenvalue weighted by molar-refractivity contribution is 9.10. The molecule has 2 nitrogen and oxygen atoms in total. The average Bonchev–Trinajstić information content (AvgIpc) is 2.49. The van der Waals surface area contributed by atoms with E-state index in [1.54, 1.807) is 0 Å². The lowest BCUT2D eigenvalue weighted by molar-refractivity contribution is 0.481. The maximum Gasteiger partial charge on any atom is 0.145 e. The van der Waals surface area contributed by atoms with Crippen LogP contribution in [-0.2, 0) is 0 Å². The number of hydrogen-bond donors (Lipinski definition) is 0. The highest BCUT2D eigenvalue weighted by Gasteiger charge is 2.06. The first-order valence-corrected chi connectivity index (χ1v) is 7.33. The molecule has 3 aromatic carbocycles. The Morgan fingerprint density at radius 3 is 2.52 bits per heavy atom. The number of fused-ring (bicyclic) bond motifs is 1. The Hall–Kier alpha value is -2.31. The third-order valence-corrected chi connectivity index (χ3v) is 3.75. The van der Waals surface area contributed by atoms with Gasteiger partial charge in [0.15, 0.2) is 0 Å². The summed E-state index contributed by atoms with van der Waals surface area (Å²) in [6, 6.07) is 19.8. The van der Waals surface area contributed by atoms with Gasteiger partial charge in [0.2, 0.25) is 0 Å². The maximum absolute atomic E-state index is 9.19. The number of nitrogens with zero attached hydrogens (tertiary/aromatic N) is 1. The fourth-order valence-electron chi connectivity index (χ4n) is 2.21. The van der Waals surface area contributed by atoms with Crippen molar-refractivity contribution in [3.63, 3.8) is 0 Å². The molecule has 0 radical (unpaired) electrons. The van der Waals surface area contributed by atoms with Crippen molar-refractivity contribution >= 4 is 26.7 Å². The predicted molar refractivity (Wildman–Crippen MR) is 87.6 cm³/mol. The normalized spacial score (nSPS) is 10.3. The van der Waals surface area contributed by atoms with Gasteiger partial charge in [0.05, 0.1) is 5.56 Å². The van der Waals surface area contributed by atoms with Crippen LogP contribution in [0.25, 0.3) is 10.8 Å². The number of rotatable bonds is 2. The van der Waals surface area contributed by atoms with E-state index in [9.17, 15) is 5.26 Å². The summed E-state index contributed by atoms with van der Waals surface area (Å²) in [5.74, 6) is 1.31. The standard InChI is InChI=1S/C18H12BrNO/c1-12-2-7-18(15(8-12)11-20)21-17-6-4-13-9-16(19)5-3-14(13)10-17/h2-10H,1H3. The van der Waals surface area contributed by atoms with E-state index in [-0.39, 0.29) is 0 Å². The summed E-state index contributed by atoms with van der Waals surface area (Å²) in [5.41, 5.74) is 1.59. The van der Waals surface area contributed by atoms with Gasteiger partial charge in [-0.1, -0.05) is 34.1 Å². The summed E-state index contributed by atoms with van der Waals surface area (Å²) in [6.07, 6.45) is 0. The summed E-state index contributed by atoms with van der Waals surface area (Å²) >= 11 is 3.46.